The molecule has 2 nitrogen and oxygen atoms in total. The lowest BCUT2D eigenvalue weighted by Gasteiger charge is -2.12. The molecule has 0 aromatic carbocycles. The van der Waals surface area contributed by atoms with Crippen molar-refractivity contribution >= 4 is 6.29 Å². The molecular weight excluding hydrogens is 258 g/mol. The van der Waals surface area contributed by atoms with Crippen LogP contribution in [0.3, 0.4) is 0 Å². The monoisotopic (exact) mass is 297 g/mol. The van der Waals surface area contributed by atoms with Gasteiger partial charge >= 0.3 is 0 Å². The standard InChI is InChI=1S/C19H39NO/c1-3-4-5-6-7-8-9-10-11-12-13-14-15-16-17-20(2)18-19-21/h19H,3-18H2,1-2H3. The Bertz CT molecular complexity index is 206. The Hall–Kier alpha value is -0.370. The van der Waals surface area contributed by atoms with Crippen LogP contribution >= 0.6 is 0 Å². The third-order valence-electron chi connectivity index (χ3n) is 4.28. The molecule has 0 heterocycles. The van der Waals surface area contributed by atoms with Crippen LogP contribution in [0.25, 0.3) is 0 Å². The van der Waals surface area contributed by atoms with E-state index in [1.807, 2.05) is 7.05 Å². The highest BCUT2D eigenvalue weighted by molar-refractivity contribution is 5.51. The van der Waals surface area contributed by atoms with Crippen LogP contribution in [0.4, 0.5) is 0 Å². The fourth-order valence-corrected chi connectivity index (χ4v) is 2.79. The van der Waals surface area contributed by atoms with Crippen LogP contribution in [-0.4, -0.2) is 31.3 Å². The first-order chi connectivity index (χ1) is 10.3. The molecule has 21 heavy (non-hydrogen) atoms. The molecule has 0 unspecified atom stereocenters. The molecule has 0 aliphatic rings. The number of nitrogens with zero attached hydrogens (tertiary/aromatic N) is 1. The van der Waals surface area contributed by atoms with Gasteiger partial charge in [0.1, 0.15) is 6.29 Å². The molecule has 0 spiro atoms. The second-order valence-corrected chi connectivity index (χ2v) is 6.53. The highest BCUT2D eigenvalue weighted by Gasteiger charge is 1.97. The average molecular weight is 298 g/mol. The molecule has 0 N–H and O–H groups in total. The van der Waals surface area contributed by atoms with Crippen molar-refractivity contribution in [1.82, 2.24) is 4.90 Å². The van der Waals surface area contributed by atoms with E-state index < -0.39 is 0 Å². The van der Waals surface area contributed by atoms with E-state index >= 15 is 0 Å². The molecule has 0 aliphatic carbocycles. The number of hydrogen-bond acceptors (Lipinski definition) is 2. The van der Waals surface area contributed by atoms with Gasteiger partial charge in [-0.05, 0) is 20.0 Å². The van der Waals surface area contributed by atoms with Crippen molar-refractivity contribution in [3.8, 4) is 0 Å². The molecule has 0 saturated heterocycles. The minimum absolute atomic E-state index is 0.582. The number of aldehydes is 1. The molecule has 0 bridgehead atoms. The van der Waals surface area contributed by atoms with Crippen LogP contribution in [0.5, 0.6) is 0 Å². The van der Waals surface area contributed by atoms with Gasteiger partial charge in [0.25, 0.3) is 0 Å². The van der Waals surface area contributed by atoms with Crippen LogP contribution < -0.4 is 0 Å². The molecule has 0 rings (SSSR count). The summed E-state index contributed by atoms with van der Waals surface area (Å²) in [6.07, 6.45) is 20.6. The van der Waals surface area contributed by atoms with E-state index in [-0.39, 0.29) is 0 Å². The second-order valence-electron chi connectivity index (χ2n) is 6.53. The molecule has 0 radical (unpaired) electrons. The van der Waals surface area contributed by atoms with Gasteiger partial charge in [-0.2, -0.15) is 0 Å². The van der Waals surface area contributed by atoms with Crippen LogP contribution in [0, 0.1) is 0 Å². The van der Waals surface area contributed by atoms with Gasteiger partial charge < -0.3 is 4.79 Å². The maximum absolute atomic E-state index is 10.3. The quantitative estimate of drug-likeness (QED) is 0.257. The number of unbranched alkanes of at least 4 members (excludes halogenated alkanes) is 13. The largest absolute Gasteiger partial charge is 0.302 e. The zero-order chi connectivity index (χ0) is 15.6. The molecule has 0 saturated carbocycles. The van der Waals surface area contributed by atoms with Crippen molar-refractivity contribution in [2.75, 3.05) is 20.1 Å². The summed E-state index contributed by atoms with van der Waals surface area (Å²) in [6, 6.07) is 0. The maximum Gasteiger partial charge on any atom is 0.133 e. The normalized spacial score (nSPS) is 11.2. The third-order valence-corrected chi connectivity index (χ3v) is 4.28. The third kappa shape index (κ3) is 17.6. The molecule has 0 fully saturated rings. The van der Waals surface area contributed by atoms with E-state index in [0.29, 0.717) is 6.54 Å². The Balaban J connectivity index is 3.01. The number of carbonyl (C=O) groups is 1. The zero-order valence-corrected chi connectivity index (χ0v) is 14.7. The molecule has 0 atom stereocenters. The highest BCUT2D eigenvalue weighted by atomic mass is 16.1. The number of carbonyl (C=O) groups excluding carboxylic acids is 1. The van der Waals surface area contributed by atoms with Crippen molar-refractivity contribution < 1.29 is 4.79 Å². The first-order valence-corrected chi connectivity index (χ1v) is 9.43. The van der Waals surface area contributed by atoms with Gasteiger partial charge in [0.2, 0.25) is 0 Å². The van der Waals surface area contributed by atoms with E-state index in [1.165, 1.54) is 89.9 Å². The molecule has 0 aromatic heterocycles. The summed E-state index contributed by atoms with van der Waals surface area (Å²) in [6.45, 7) is 3.93. The van der Waals surface area contributed by atoms with Gasteiger partial charge in [-0.25, -0.2) is 0 Å². The summed E-state index contributed by atoms with van der Waals surface area (Å²) >= 11 is 0. The van der Waals surface area contributed by atoms with E-state index in [1.54, 1.807) is 0 Å². The predicted molar refractivity (Wildman–Crippen MR) is 93.9 cm³/mol. The van der Waals surface area contributed by atoms with Crippen molar-refractivity contribution in [1.29, 1.82) is 0 Å². The first-order valence-electron chi connectivity index (χ1n) is 9.43. The van der Waals surface area contributed by atoms with Crippen molar-refractivity contribution in [2.24, 2.45) is 0 Å². The smallest absolute Gasteiger partial charge is 0.133 e. The Labute approximate surface area is 133 Å². The SMILES string of the molecule is CCCCCCCCCCCCCCCCN(C)CC=O. The van der Waals surface area contributed by atoms with Gasteiger partial charge in [-0.1, -0.05) is 90.4 Å². The summed E-state index contributed by atoms with van der Waals surface area (Å²) in [5.41, 5.74) is 0. The van der Waals surface area contributed by atoms with Gasteiger partial charge in [-0.15, -0.1) is 0 Å². The van der Waals surface area contributed by atoms with E-state index in [4.69, 9.17) is 0 Å². The van der Waals surface area contributed by atoms with Crippen LogP contribution in [0.1, 0.15) is 96.8 Å². The highest BCUT2D eigenvalue weighted by Crippen LogP contribution is 2.12. The lowest BCUT2D eigenvalue weighted by Crippen LogP contribution is -2.21. The molecule has 0 amide bonds. The lowest BCUT2D eigenvalue weighted by molar-refractivity contribution is -0.108. The molecule has 126 valence electrons. The zero-order valence-electron chi connectivity index (χ0n) is 14.7. The summed E-state index contributed by atoms with van der Waals surface area (Å²) < 4.78 is 0. The van der Waals surface area contributed by atoms with Gasteiger partial charge in [0.05, 0.1) is 6.54 Å². The summed E-state index contributed by atoms with van der Waals surface area (Å²) in [5.74, 6) is 0. The van der Waals surface area contributed by atoms with Crippen LogP contribution in [-0.2, 0) is 4.79 Å². The fourth-order valence-electron chi connectivity index (χ4n) is 2.79. The Morgan fingerprint density at radius 2 is 1.05 bits per heavy atom. The van der Waals surface area contributed by atoms with Gasteiger partial charge in [0.15, 0.2) is 0 Å². The average Bonchev–Trinajstić information content (AvgIpc) is 2.48. The minimum Gasteiger partial charge on any atom is -0.302 e. The topological polar surface area (TPSA) is 20.3 Å². The Morgan fingerprint density at radius 3 is 1.43 bits per heavy atom. The van der Waals surface area contributed by atoms with Crippen LogP contribution in [0.2, 0.25) is 0 Å². The Kier molecular flexibility index (Phi) is 17.4. The molecule has 0 aliphatic heterocycles. The van der Waals surface area contributed by atoms with E-state index in [9.17, 15) is 4.79 Å². The predicted octanol–water partition coefficient (Wildman–Crippen LogP) is 5.60. The summed E-state index contributed by atoms with van der Waals surface area (Å²) in [4.78, 5) is 12.4. The minimum atomic E-state index is 0.582. The molecular formula is C19H39NO. The van der Waals surface area contributed by atoms with E-state index in [0.717, 1.165) is 12.8 Å². The number of hydrogen-bond donors (Lipinski definition) is 0. The number of likely N-dealkylation sites (N-methyl/N-ethyl adjacent to an activating group) is 1. The summed E-state index contributed by atoms with van der Waals surface area (Å²) in [5, 5.41) is 0. The Morgan fingerprint density at radius 1 is 0.667 bits per heavy atom. The number of rotatable bonds is 17. The van der Waals surface area contributed by atoms with Crippen molar-refractivity contribution in [2.45, 2.75) is 96.8 Å². The van der Waals surface area contributed by atoms with Gasteiger partial charge in [0, 0.05) is 0 Å². The maximum atomic E-state index is 10.3. The lowest BCUT2D eigenvalue weighted by atomic mass is 10.0. The van der Waals surface area contributed by atoms with E-state index in [2.05, 4.69) is 11.8 Å². The summed E-state index contributed by atoms with van der Waals surface area (Å²) in [7, 11) is 2.02. The van der Waals surface area contributed by atoms with Crippen molar-refractivity contribution in [3.05, 3.63) is 0 Å². The fraction of sp³-hybridized carbons (Fsp3) is 0.947. The molecule has 2 heteroatoms. The molecule has 0 aromatic rings. The first kappa shape index (κ1) is 20.6. The van der Waals surface area contributed by atoms with Gasteiger partial charge in [-0.3, -0.25) is 4.90 Å². The second kappa shape index (κ2) is 17.7. The van der Waals surface area contributed by atoms with Crippen molar-refractivity contribution in [3.63, 3.8) is 0 Å². The van der Waals surface area contributed by atoms with Crippen LogP contribution in [0.15, 0.2) is 0 Å².